The average Bonchev–Trinajstić information content (AvgIpc) is 2.95. The summed E-state index contributed by atoms with van der Waals surface area (Å²) >= 11 is 1.68. The van der Waals surface area contributed by atoms with Crippen molar-refractivity contribution in [3.8, 4) is 11.5 Å². The Balaban J connectivity index is 1.63. The van der Waals surface area contributed by atoms with Crippen LogP contribution in [0.3, 0.4) is 0 Å². The molecule has 1 N–H and O–H groups in total. The molecule has 0 spiro atoms. The van der Waals surface area contributed by atoms with Crippen LogP contribution in [0.15, 0.2) is 47.4 Å². The van der Waals surface area contributed by atoms with Gasteiger partial charge in [0.2, 0.25) is 12.7 Å². The third-order valence-corrected chi connectivity index (χ3v) is 3.92. The molecule has 0 bridgehead atoms. The van der Waals surface area contributed by atoms with Crippen LogP contribution >= 0.6 is 11.8 Å². The summed E-state index contributed by atoms with van der Waals surface area (Å²) in [5.41, 5.74) is 1.70. The molecule has 0 atom stereocenters. The van der Waals surface area contributed by atoms with Gasteiger partial charge in [-0.15, -0.1) is 11.8 Å². The van der Waals surface area contributed by atoms with Crippen molar-refractivity contribution in [3.05, 3.63) is 48.0 Å². The topological polar surface area (TPSA) is 47.6 Å². The number of carbonyl (C=O) groups is 1. The lowest BCUT2D eigenvalue weighted by Crippen LogP contribution is -2.14. The monoisotopic (exact) mass is 301 g/mol. The Morgan fingerprint density at radius 3 is 2.67 bits per heavy atom. The average molecular weight is 301 g/mol. The second-order valence-electron chi connectivity index (χ2n) is 4.64. The number of fused-ring (bicyclic) bond motifs is 1. The predicted molar refractivity (Wildman–Crippen MR) is 83.1 cm³/mol. The number of anilines is 1. The van der Waals surface area contributed by atoms with Crippen molar-refractivity contribution in [2.75, 3.05) is 18.4 Å². The van der Waals surface area contributed by atoms with Gasteiger partial charge in [-0.1, -0.05) is 12.1 Å². The van der Waals surface area contributed by atoms with Gasteiger partial charge in [0.1, 0.15) is 0 Å². The fourth-order valence-electron chi connectivity index (χ4n) is 2.11. The summed E-state index contributed by atoms with van der Waals surface area (Å²) in [5.74, 6) is 1.32. The molecular formula is C16H15NO3S. The quantitative estimate of drug-likeness (QED) is 0.880. The molecule has 0 aromatic heterocycles. The van der Waals surface area contributed by atoms with E-state index in [0.29, 0.717) is 23.6 Å². The van der Waals surface area contributed by atoms with E-state index in [1.807, 2.05) is 36.6 Å². The first-order chi connectivity index (χ1) is 10.2. The molecule has 2 aromatic rings. The summed E-state index contributed by atoms with van der Waals surface area (Å²) in [5, 5.41) is 2.87. The zero-order valence-corrected chi connectivity index (χ0v) is 12.4. The molecule has 1 heterocycles. The molecule has 1 aliphatic heterocycles. The molecule has 3 rings (SSSR count). The molecule has 4 nitrogen and oxygen atoms in total. The Kier molecular flexibility index (Phi) is 4.01. The zero-order chi connectivity index (χ0) is 14.7. The van der Waals surface area contributed by atoms with Crippen LogP contribution in [0.1, 0.15) is 5.56 Å². The predicted octanol–water partition coefficient (Wildman–Crippen LogP) is 3.32. The van der Waals surface area contributed by atoms with Gasteiger partial charge in [-0.25, -0.2) is 0 Å². The van der Waals surface area contributed by atoms with Gasteiger partial charge in [-0.05, 0) is 36.1 Å². The van der Waals surface area contributed by atoms with E-state index in [4.69, 9.17) is 9.47 Å². The first kappa shape index (κ1) is 13.8. The first-order valence-corrected chi connectivity index (χ1v) is 7.79. The smallest absolute Gasteiger partial charge is 0.231 e. The van der Waals surface area contributed by atoms with Crippen LogP contribution in [0.4, 0.5) is 5.69 Å². The van der Waals surface area contributed by atoms with Crippen LogP contribution in [0.25, 0.3) is 0 Å². The summed E-state index contributed by atoms with van der Waals surface area (Å²) < 4.78 is 10.5. The first-order valence-electron chi connectivity index (χ1n) is 6.57. The number of hydrogen-bond donors (Lipinski definition) is 1. The van der Waals surface area contributed by atoms with Gasteiger partial charge in [0.15, 0.2) is 11.5 Å². The Morgan fingerprint density at radius 1 is 1.14 bits per heavy atom. The van der Waals surface area contributed by atoms with Gasteiger partial charge < -0.3 is 14.8 Å². The van der Waals surface area contributed by atoms with E-state index < -0.39 is 0 Å². The van der Waals surface area contributed by atoms with Gasteiger partial charge in [-0.3, -0.25) is 4.79 Å². The van der Waals surface area contributed by atoms with E-state index >= 15 is 0 Å². The molecule has 0 unspecified atom stereocenters. The number of carbonyl (C=O) groups excluding carboxylic acids is 1. The van der Waals surface area contributed by atoms with E-state index in [-0.39, 0.29) is 12.7 Å². The lowest BCUT2D eigenvalue weighted by Gasteiger charge is -2.06. The molecule has 5 heteroatoms. The van der Waals surface area contributed by atoms with E-state index in [1.165, 1.54) is 4.90 Å². The highest BCUT2D eigenvalue weighted by molar-refractivity contribution is 7.98. The fourth-order valence-corrected chi connectivity index (χ4v) is 2.52. The maximum atomic E-state index is 12.0. The van der Waals surface area contributed by atoms with Crippen LogP contribution in [-0.4, -0.2) is 19.0 Å². The molecule has 0 radical (unpaired) electrons. The van der Waals surface area contributed by atoms with Crippen molar-refractivity contribution in [2.45, 2.75) is 11.3 Å². The molecule has 0 fully saturated rings. The van der Waals surface area contributed by atoms with Crippen molar-refractivity contribution in [1.29, 1.82) is 0 Å². The van der Waals surface area contributed by atoms with Crippen LogP contribution in [0.2, 0.25) is 0 Å². The number of amides is 1. The van der Waals surface area contributed by atoms with Crippen LogP contribution in [0.5, 0.6) is 11.5 Å². The summed E-state index contributed by atoms with van der Waals surface area (Å²) in [6.07, 6.45) is 2.38. The van der Waals surface area contributed by atoms with E-state index in [9.17, 15) is 4.79 Å². The van der Waals surface area contributed by atoms with Crippen LogP contribution in [-0.2, 0) is 11.2 Å². The molecule has 0 saturated heterocycles. The maximum absolute atomic E-state index is 12.0. The van der Waals surface area contributed by atoms with Crippen molar-refractivity contribution in [3.63, 3.8) is 0 Å². The van der Waals surface area contributed by atoms with Crippen molar-refractivity contribution in [2.24, 2.45) is 0 Å². The largest absolute Gasteiger partial charge is 0.454 e. The van der Waals surface area contributed by atoms with Crippen LogP contribution in [0, 0.1) is 0 Å². The number of nitrogens with one attached hydrogen (secondary N) is 1. The molecule has 108 valence electrons. The minimum absolute atomic E-state index is 0.0502. The number of benzene rings is 2. The minimum atomic E-state index is -0.0502. The molecule has 1 aliphatic rings. The van der Waals surface area contributed by atoms with Gasteiger partial charge in [0.25, 0.3) is 0 Å². The van der Waals surface area contributed by atoms with E-state index in [0.717, 1.165) is 5.56 Å². The molecule has 0 aliphatic carbocycles. The summed E-state index contributed by atoms with van der Waals surface area (Å²) in [4.78, 5) is 13.2. The fraction of sp³-hybridized carbons (Fsp3) is 0.188. The normalized spacial score (nSPS) is 12.2. The van der Waals surface area contributed by atoms with Crippen molar-refractivity contribution < 1.29 is 14.3 Å². The Bertz CT molecular complexity index is 655. The molecule has 1 amide bonds. The number of rotatable bonds is 4. The Morgan fingerprint density at radius 2 is 1.90 bits per heavy atom. The standard InChI is InChI=1S/C16H15NO3S/c1-21-13-5-2-11(3-6-13)8-16(18)17-12-4-7-14-15(9-12)20-10-19-14/h2-7,9H,8,10H2,1H3,(H,17,18). The van der Waals surface area contributed by atoms with Gasteiger partial charge >= 0.3 is 0 Å². The van der Waals surface area contributed by atoms with Crippen molar-refractivity contribution in [1.82, 2.24) is 0 Å². The summed E-state index contributed by atoms with van der Waals surface area (Å²) in [6.45, 7) is 0.231. The molecule has 21 heavy (non-hydrogen) atoms. The van der Waals surface area contributed by atoms with E-state index in [1.54, 1.807) is 23.9 Å². The van der Waals surface area contributed by atoms with Crippen LogP contribution < -0.4 is 14.8 Å². The third-order valence-electron chi connectivity index (χ3n) is 3.18. The molecular weight excluding hydrogens is 286 g/mol. The molecule has 0 saturated carbocycles. The highest BCUT2D eigenvalue weighted by atomic mass is 32.2. The highest BCUT2D eigenvalue weighted by Gasteiger charge is 2.14. The number of hydrogen-bond acceptors (Lipinski definition) is 4. The minimum Gasteiger partial charge on any atom is -0.454 e. The zero-order valence-electron chi connectivity index (χ0n) is 11.6. The number of ether oxygens (including phenoxy) is 2. The maximum Gasteiger partial charge on any atom is 0.231 e. The van der Waals surface area contributed by atoms with Gasteiger partial charge in [0.05, 0.1) is 6.42 Å². The lowest BCUT2D eigenvalue weighted by molar-refractivity contribution is -0.115. The number of thioether (sulfide) groups is 1. The lowest BCUT2D eigenvalue weighted by atomic mass is 10.1. The molecule has 2 aromatic carbocycles. The summed E-state index contributed by atoms with van der Waals surface area (Å²) in [6, 6.07) is 13.4. The second kappa shape index (κ2) is 6.10. The third kappa shape index (κ3) is 3.31. The van der Waals surface area contributed by atoms with Gasteiger partial charge in [0, 0.05) is 16.6 Å². The van der Waals surface area contributed by atoms with Crippen molar-refractivity contribution >= 4 is 23.4 Å². The highest BCUT2D eigenvalue weighted by Crippen LogP contribution is 2.34. The SMILES string of the molecule is CSc1ccc(CC(=O)Nc2ccc3c(c2)OCO3)cc1. The van der Waals surface area contributed by atoms with Gasteiger partial charge in [-0.2, -0.15) is 0 Å². The second-order valence-corrected chi connectivity index (χ2v) is 5.52. The Hall–Kier alpha value is -2.14. The van der Waals surface area contributed by atoms with E-state index in [2.05, 4.69) is 5.32 Å². The summed E-state index contributed by atoms with van der Waals surface area (Å²) in [7, 11) is 0. The Labute approximate surface area is 127 Å².